The van der Waals surface area contributed by atoms with Gasteiger partial charge in [0.2, 0.25) is 0 Å². The number of likely N-dealkylation sites (tertiary alicyclic amines) is 1. The minimum Gasteiger partial charge on any atom is -0.365 e. The zero-order valence-corrected chi connectivity index (χ0v) is 19.4. The van der Waals surface area contributed by atoms with E-state index in [1.807, 2.05) is 31.9 Å². The van der Waals surface area contributed by atoms with Crippen LogP contribution >= 0.6 is 0 Å². The molecule has 31 heavy (non-hydrogen) atoms. The molecule has 6 nitrogen and oxygen atoms in total. The molecular formula is C25H35N5O. The first-order valence-corrected chi connectivity index (χ1v) is 11.6. The number of carbonyl (C=O) groups is 1. The Morgan fingerprint density at radius 1 is 1.16 bits per heavy atom. The van der Waals surface area contributed by atoms with Crippen LogP contribution in [-0.2, 0) is 4.79 Å². The molecule has 1 amide bonds. The van der Waals surface area contributed by atoms with Crippen LogP contribution in [0.15, 0.2) is 39.8 Å². The van der Waals surface area contributed by atoms with Gasteiger partial charge in [0, 0.05) is 53.5 Å². The van der Waals surface area contributed by atoms with Gasteiger partial charge in [-0.25, -0.2) is 15.0 Å². The van der Waals surface area contributed by atoms with Crippen LogP contribution in [0.4, 0.5) is 0 Å². The molecular weight excluding hydrogens is 386 g/mol. The Morgan fingerprint density at radius 2 is 1.84 bits per heavy atom. The Bertz CT molecular complexity index is 927. The molecule has 3 fully saturated rings. The highest BCUT2D eigenvalue weighted by molar-refractivity contribution is 5.98. The van der Waals surface area contributed by atoms with Crippen molar-refractivity contribution in [3.8, 4) is 0 Å². The fourth-order valence-corrected chi connectivity index (χ4v) is 4.41. The molecule has 1 saturated heterocycles. The van der Waals surface area contributed by atoms with Gasteiger partial charge in [-0.3, -0.25) is 4.79 Å². The van der Waals surface area contributed by atoms with E-state index in [-0.39, 0.29) is 11.4 Å². The van der Waals surface area contributed by atoms with Gasteiger partial charge in [0.1, 0.15) is 11.6 Å². The average Bonchev–Trinajstić information content (AvgIpc) is 3.69. The summed E-state index contributed by atoms with van der Waals surface area (Å²) in [5.74, 6) is 2.74. The Balaban J connectivity index is 1.45. The first-order chi connectivity index (χ1) is 14.8. The van der Waals surface area contributed by atoms with Gasteiger partial charge < -0.3 is 10.2 Å². The van der Waals surface area contributed by atoms with Gasteiger partial charge in [0.05, 0.1) is 0 Å². The van der Waals surface area contributed by atoms with Gasteiger partial charge in [0.15, 0.2) is 0 Å². The molecule has 2 saturated carbocycles. The average molecular weight is 422 g/mol. The standard InChI is InChI=1S/C25H35N5O/c1-16(2)21(17(3)22(26-5)29-25(4)11-12-25)24(31)30-14-9-19(10-15-30)23-27-13-8-20(28-23)18-6-7-18/h8,13,18-19,29H,5-7,9-12,14-15H2,1-4H3/b22-17-. The first kappa shape index (κ1) is 21.7. The van der Waals surface area contributed by atoms with Crippen molar-refractivity contribution >= 4 is 12.6 Å². The third-order valence-corrected chi connectivity index (χ3v) is 6.86. The molecule has 0 aromatic carbocycles. The predicted molar refractivity (Wildman–Crippen MR) is 124 cm³/mol. The van der Waals surface area contributed by atoms with Crippen LogP contribution in [0.5, 0.6) is 0 Å². The Hall–Kier alpha value is -2.50. The Labute approximate surface area is 186 Å². The first-order valence-electron chi connectivity index (χ1n) is 11.6. The largest absolute Gasteiger partial charge is 0.365 e. The molecule has 0 bridgehead atoms. The SMILES string of the molecule is C=N/C(NC1(C)CC1)=C(\C)C(C(=O)N1CCC(c2nccc(C3CC3)n2)CC1)=C(C)C. The summed E-state index contributed by atoms with van der Waals surface area (Å²) in [7, 11) is 0. The summed E-state index contributed by atoms with van der Waals surface area (Å²) < 4.78 is 0. The molecule has 6 heteroatoms. The third kappa shape index (κ3) is 4.89. The maximum absolute atomic E-state index is 13.5. The van der Waals surface area contributed by atoms with Gasteiger partial charge in [-0.15, -0.1) is 0 Å². The lowest BCUT2D eigenvalue weighted by Crippen LogP contribution is -2.40. The lowest BCUT2D eigenvalue weighted by Gasteiger charge is -2.32. The van der Waals surface area contributed by atoms with Crippen LogP contribution < -0.4 is 5.32 Å². The van der Waals surface area contributed by atoms with E-state index >= 15 is 0 Å². The van der Waals surface area contributed by atoms with Crippen LogP contribution in [0.3, 0.4) is 0 Å². The predicted octanol–water partition coefficient (Wildman–Crippen LogP) is 4.47. The summed E-state index contributed by atoms with van der Waals surface area (Å²) >= 11 is 0. The van der Waals surface area contributed by atoms with E-state index in [0.717, 1.165) is 67.1 Å². The highest BCUT2D eigenvalue weighted by Gasteiger charge is 2.38. The highest BCUT2D eigenvalue weighted by Crippen LogP contribution is 2.39. The van der Waals surface area contributed by atoms with Gasteiger partial charge in [-0.05, 0) is 79.0 Å². The number of amides is 1. The second kappa shape index (κ2) is 8.56. The number of hydrogen-bond acceptors (Lipinski definition) is 5. The molecule has 1 aromatic rings. The van der Waals surface area contributed by atoms with E-state index in [2.05, 4.69) is 35.0 Å². The quantitative estimate of drug-likeness (QED) is 0.401. The van der Waals surface area contributed by atoms with E-state index in [0.29, 0.717) is 11.8 Å². The molecule has 0 atom stereocenters. The molecule has 0 spiro atoms. The van der Waals surface area contributed by atoms with Crippen LogP contribution in [-0.4, -0.2) is 46.1 Å². The molecule has 0 radical (unpaired) electrons. The lowest BCUT2D eigenvalue weighted by molar-refractivity contribution is -0.128. The number of aliphatic imine (C=N–C) groups is 1. The topological polar surface area (TPSA) is 70.5 Å². The van der Waals surface area contributed by atoms with Crippen molar-refractivity contribution in [3.05, 3.63) is 46.3 Å². The zero-order valence-electron chi connectivity index (χ0n) is 19.4. The zero-order chi connectivity index (χ0) is 22.2. The second-order valence-corrected chi connectivity index (χ2v) is 9.87. The summed E-state index contributed by atoms with van der Waals surface area (Å²) in [5, 5.41) is 3.49. The van der Waals surface area contributed by atoms with Crippen LogP contribution in [0.2, 0.25) is 0 Å². The molecule has 0 unspecified atom stereocenters. The van der Waals surface area contributed by atoms with Crippen molar-refractivity contribution < 1.29 is 4.79 Å². The number of nitrogens with zero attached hydrogens (tertiary/aromatic N) is 4. The third-order valence-electron chi connectivity index (χ3n) is 6.86. The van der Waals surface area contributed by atoms with Crippen molar-refractivity contribution in [3.63, 3.8) is 0 Å². The summed E-state index contributed by atoms with van der Waals surface area (Å²) in [4.78, 5) is 29.1. The smallest absolute Gasteiger partial charge is 0.254 e. The van der Waals surface area contributed by atoms with Crippen LogP contribution in [0, 0.1) is 0 Å². The van der Waals surface area contributed by atoms with Gasteiger partial charge in [-0.2, -0.15) is 0 Å². The fourth-order valence-electron chi connectivity index (χ4n) is 4.41. The monoisotopic (exact) mass is 421 g/mol. The number of aromatic nitrogens is 2. The number of carbonyl (C=O) groups excluding carboxylic acids is 1. The molecule has 3 aliphatic rings. The highest BCUT2D eigenvalue weighted by atomic mass is 16.2. The minimum absolute atomic E-state index is 0.0843. The normalized spacial score (nSPS) is 21.2. The summed E-state index contributed by atoms with van der Waals surface area (Å²) in [5.41, 5.74) is 3.92. The number of piperidine rings is 1. The van der Waals surface area contributed by atoms with Crippen molar-refractivity contribution in [2.24, 2.45) is 4.99 Å². The van der Waals surface area contributed by atoms with E-state index in [9.17, 15) is 4.79 Å². The maximum Gasteiger partial charge on any atom is 0.254 e. The van der Waals surface area contributed by atoms with Crippen molar-refractivity contribution in [2.75, 3.05) is 13.1 Å². The van der Waals surface area contributed by atoms with Gasteiger partial charge >= 0.3 is 0 Å². The van der Waals surface area contributed by atoms with Crippen LogP contribution in [0.1, 0.15) is 89.6 Å². The molecule has 166 valence electrons. The Morgan fingerprint density at radius 3 is 2.39 bits per heavy atom. The Kier molecular flexibility index (Phi) is 6.00. The van der Waals surface area contributed by atoms with Gasteiger partial charge in [-0.1, -0.05) is 5.57 Å². The van der Waals surface area contributed by atoms with E-state index < -0.39 is 0 Å². The minimum atomic E-state index is 0.0843. The molecule has 2 aliphatic carbocycles. The van der Waals surface area contributed by atoms with Crippen molar-refractivity contribution in [2.45, 2.75) is 83.6 Å². The van der Waals surface area contributed by atoms with E-state index in [1.54, 1.807) is 0 Å². The molecule has 1 N–H and O–H groups in total. The second-order valence-electron chi connectivity index (χ2n) is 9.87. The summed E-state index contributed by atoms with van der Waals surface area (Å²) in [6.07, 6.45) is 8.45. The fraction of sp³-hybridized carbons (Fsp3) is 0.600. The number of allylic oxidation sites excluding steroid dienone is 1. The molecule has 1 aliphatic heterocycles. The lowest BCUT2D eigenvalue weighted by atomic mass is 9.93. The number of hydrogen-bond donors (Lipinski definition) is 1. The van der Waals surface area contributed by atoms with Crippen molar-refractivity contribution in [1.29, 1.82) is 0 Å². The van der Waals surface area contributed by atoms with E-state index in [1.165, 1.54) is 18.5 Å². The molecule has 1 aromatic heterocycles. The number of nitrogens with one attached hydrogen (secondary N) is 1. The van der Waals surface area contributed by atoms with E-state index in [4.69, 9.17) is 4.98 Å². The summed E-state index contributed by atoms with van der Waals surface area (Å²) in [6.45, 7) is 13.4. The molecule has 4 rings (SSSR count). The maximum atomic E-state index is 13.5. The van der Waals surface area contributed by atoms with Crippen molar-refractivity contribution in [1.82, 2.24) is 20.2 Å². The number of rotatable bonds is 7. The van der Waals surface area contributed by atoms with Crippen LogP contribution in [0.25, 0.3) is 0 Å². The summed E-state index contributed by atoms with van der Waals surface area (Å²) in [6, 6.07) is 2.05. The van der Waals surface area contributed by atoms with Gasteiger partial charge in [0.25, 0.3) is 5.91 Å². The molecule has 2 heterocycles.